The lowest BCUT2D eigenvalue weighted by Crippen LogP contribution is -2.52. The number of hydrogen-bond donors (Lipinski definition) is 2. The van der Waals surface area contributed by atoms with Crippen molar-refractivity contribution in [1.29, 1.82) is 0 Å². The number of aliphatic carboxylic acids is 1. The summed E-state index contributed by atoms with van der Waals surface area (Å²) in [5.41, 5.74) is 3.75. The van der Waals surface area contributed by atoms with Crippen LogP contribution in [0, 0.1) is 0 Å². The number of allylic oxidation sites excluding steroid dienone is 6. The van der Waals surface area contributed by atoms with Crippen LogP contribution in [0.5, 0.6) is 0 Å². The minimum absolute atomic E-state index is 0.249. The van der Waals surface area contributed by atoms with Crippen molar-refractivity contribution in [1.82, 2.24) is 0 Å². The monoisotopic (exact) mass is 349 g/mol. The van der Waals surface area contributed by atoms with Crippen LogP contribution in [0.25, 0.3) is 0 Å². The summed E-state index contributed by atoms with van der Waals surface area (Å²) in [5, 5.41) is 8.88. The normalized spacial score (nSPS) is 14.5. The number of carbonyl (C=O) groups excluding carboxylic acids is 1. The van der Waals surface area contributed by atoms with E-state index in [-0.39, 0.29) is 12.2 Å². The molecule has 0 aromatic rings. The Balaban J connectivity index is 3.53. The first-order chi connectivity index (χ1) is 11.9. The number of ketones is 1. The lowest BCUT2D eigenvalue weighted by Gasteiger charge is -2.17. The van der Waals surface area contributed by atoms with Crippen LogP contribution in [0.2, 0.25) is 0 Å². The first-order valence-corrected chi connectivity index (χ1v) is 9.43. The highest BCUT2D eigenvalue weighted by Gasteiger charge is 2.35. The summed E-state index contributed by atoms with van der Waals surface area (Å²) in [6, 6.07) is 0. The fourth-order valence-corrected chi connectivity index (χ4v) is 2.28. The highest BCUT2D eigenvalue weighted by molar-refractivity contribution is 6.06. The smallest absolute Gasteiger partial charge is 0.331 e. The molecule has 0 spiro atoms. The van der Waals surface area contributed by atoms with Crippen LogP contribution in [-0.2, 0) is 9.59 Å². The second-order valence-electron chi connectivity index (χ2n) is 6.53. The molecule has 0 aliphatic carbocycles. The molecule has 0 rings (SSSR count). The number of carboxylic acid groups (broad SMARTS) is 1. The van der Waals surface area contributed by atoms with Crippen LogP contribution in [0.4, 0.5) is 0 Å². The van der Waals surface area contributed by atoms with Crippen molar-refractivity contribution < 1.29 is 14.7 Å². The van der Waals surface area contributed by atoms with E-state index in [0.717, 1.165) is 51.4 Å². The molecule has 0 saturated carbocycles. The Bertz CT molecular complexity index is 462. The second-order valence-corrected chi connectivity index (χ2v) is 6.53. The zero-order chi connectivity index (χ0) is 19.0. The third kappa shape index (κ3) is 12.3. The maximum atomic E-state index is 11.7. The van der Waals surface area contributed by atoms with Gasteiger partial charge in [0.05, 0.1) is 0 Å². The Morgan fingerprint density at radius 3 is 2.00 bits per heavy atom. The molecule has 0 aromatic carbocycles. The first kappa shape index (κ1) is 23.3. The van der Waals surface area contributed by atoms with Crippen LogP contribution in [0.15, 0.2) is 36.5 Å². The van der Waals surface area contributed by atoms with Crippen molar-refractivity contribution >= 4 is 11.8 Å². The molecule has 1 atom stereocenters. The van der Waals surface area contributed by atoms with Gasteiger partial charge in [0, 0.05) is 6.42 Å². The summed E-state index contributed by atoms with van der Waals surface area (Å²) in [7, 11) is 0. The number of unbranched alkanes of at least 4 members (excludes halogenated alkanes) is 5. The number of rotatable bonds is 15. The molecule has 142 valence electrons. The summed E-state index contributed by atoms with van der Waals surface area (Å²) in [4.78, 5) is 22.6. The Hall–Kier alpha value is -1.68. The van der Waals surface area contributed by atoms with Crippen LogP contribution in [0.3, 0.4) is 0 Å². The predicted molar refractivity (Wildman–Crippen MR) is 104 cm³/mol. The maximum absolute atomic E-state index is 11.7. The van der Waals surface area contributed by atoms with Crippen molar-refractivity contribution in [3.8, 4) is 0 Å². The number of Topliss-reactive ketones (excluding diaryl/α,β-unsaturated/α-hetero) is 1. The van der Waals surface area contributed by atoms with Gasteiger partial charge in [-0.25, -0.2) is 4.79 Å². The van der Waals surface area contributed by atoms with Gasteiger partial charge in [0.15, 0.2) is 11.3 Å². The molecule has 0 radical (unpaired) electrons. The molecule has 0 fully saturated rings. The van der Waals surface area contributed by atoms with Gasteiger partial charge in [0.1, 0.15) is 0 Å². The lowest BCUT2D eigenvalue weighted by molar-refractivity contribution is -0.147. The molecule has 0 aliphatic heterocycles. The van der Waals surface area contributed by atoms with Gasteiger partial charge in [-0.15, -0.1) is 0 Å². The quantitative estimate of drug-likeness (QED) is 0.249. The van der Waals surface area contributed by atoms with Gasteiger partial charge >= 0.3 is 5.97 Å². The molecule has 0 heterocycles. The Morgan fingerprint density at radius 2 is 1.40 bits per heavy atom. The largest absolute Gasteiger partial charge is 0.480 e. The van der Waals surface area contributed by atoms with Gasteiger partial charge < -0.3 is 10.8 Å². The zero-order valence-electron chi connectivity index (χ0n) is 15.9. The van der Waals surface area contributed by atoms with E-state index in [1.807, 2.05) is 0 Å². The minimum atomic E-state index is -1.74. The molecule has 0 aromatic heterocycles. The van der Waals surface area contributed by atoms with E-state index < -0.39 is 11.5 Å². The van der Waals surface area contributed by atoms with Crippen LogP contribution < -0.4 is 5.73 Å². The summed E-state index contributed by atoms with van der Waals surface area (Å²) in [5.74, 6) is -1.64. The minimum Gasteiger partial charge on any atom is -0.480 e. The topological polar surface area (TPSA) is 80.4 Å². The standard InChI is InChI=1S/C21H35NO3/c1-3-4-5-6-7-8-9-10-11-12-13-14-15-16-17-18-19(23)21(2,22)20(24)25/h4-5,7-8,10-11H,3,6,9,12-18,22H2,1-2H3,(H,24,25)/b5-4-,8-7-,11-10-. The van der Waals surface area contributed by atoms with Crippen molar-refractivity contribution in [3.63, 3.8) is 0 Å². The molecule has 0 aliphatic rings. The molecule has 0 amide bonds. The van der Waals surface area contributed by atoms with Gasteiger partial charge in [-0.3, -0.25) is 4.79 Å². The number of nitrogens with two attached hydrogens (primary N) is 1. The Morgan fingerprint density at radius 1 is 0.880 bits per heavy atom. The van der Waals surface area contributed by atoms with Gasteiger partial charge in [-0.1, -0.05) is 62.6 Å². The Labute approximate surface area is 152 Å². The molecule has 3 N–H and O–H groups in total. The van der Waals surface area contributed by atoms with Crippen LogP contribution >= 0.6 is 0 Å². The SMILES string of the molecule is CC/C=C\C/C=C\C/C=C\CCCCCCCC(=O)C(C)(N)C(=O)O. The number of hydrogen-bond acceptors (Lipinski definition) is 3. The molecule has 25 heavy (non-hydrogen) atoms. The summed E-state index contributed by atoms with van der Waals surface area (Å²) >= 11 is 0. The van der Waals surface area contributed by atoms with E-state index >= 15 is 0 Å². The van der Waals surface area contributed by atoms with Crippen molar-refractivity contribution in [2.24, 2.45) is 5.73 Å². The van der Waals surface area contributed by atoms with Crippen molar-refractivity contribution in [2.75, 3.05) is 0 Å². The fourth-order valence-electron chi connectivity index (χ4n) is 2.28. The number of carbonyl (C=O) groups is 2. The number of carboxylic acids is 1. The van der Waals surface area contributed by atoms with Gasteiger partial charge in [-0.2, -0.15) is 0 Å². The second kappa shape index (κ2) is 14.6. The molecular weight excluding hydrogens is 314 g/mol. The van der Waals surface area contributed by atoms with Gasteiger partial charge in [0.2, 0.25) is 0 Å². The van der Waals surface area contributed by atoms with Crippen LogP contribution in [-0.4, -0.2) is 22.4 Å². The van der Waals surface area contributed by atoms with Crippen LogP contribution in [0.1, 0.15) is 78.1 Å². The highest BCUT2D eigenvalue weighted by Crippen LogP contribution is 2.12. The molecular formula is C21H35NO3. The lowest BCUT2D eigenvalue weighted by atomic mass is 9.93. The zero-order valence-corrected chi connectivity index (χ0v) is 15.9. The summed E-state index contributed by atoms with van der Waals surface area (Å²) in [6.07, 6.45) is 22.6. The molecule has 0 bridgehead atoms. The summed E-state index contributed by atoms with van der Waals surface area (Å²) < 4.78 is 0. The Kier molecular flexibility index (Phi) is 13.7. The average Bonchev–Trinajstić information content (AvgIpc) is 2.57. The highest BCUT2D eigenvalue weighted by atomic mass is 16.4. The molecule has 4 nitrogen and oxygen atoms in total. The molecule has 0 saturated heterocycles. The van der Waals surface area contributed by atoms with Crippen molar-refractivity contribution in [3.05, 3.63) is 36.5 Å². The van der Waals surface area contributed by atoms with E-state index in [1.54, 1.807) is 0 Å². The predicted octanol–water partition coefficient (Wildman–Crippen LogP) is 4.95. The van der Waals surface area contributed by atoms with E-state index in [0.29, 0.717) is 6.42 Å². The van der Waals surface area contributed by atoms with E-state index in [2.05, 4.69) is 43.4 Å². The van der Waals surface area contributed by atoms with E-state index in [1.165, 1.54) is 6.92 Å². The van der Waals surface area contributed by atoms with E-state index in [9.17, 15) is 9.59 Å². The molecule has 1 unspecified atom stereocenters. The fraction of sp³-hybridized carbons (Fsp3) is 0.619. The summed E-state index contributed by atoms with van der Waals surface area (Å²) in [6.45, 7) is 3.40. The third-order valence-corrected chi connectivity index (χ3v) is 4.08. The third-order valence-electron chi connectivity index (χ3n) is 4.08. The average molecular weight is 350 g/mol. The maximum Gasteiger partial charge on any atom is 0.331 e. The van der Waals surface area contributed by atoms with Gasteiger partial charge in [0.25, 0.3) is 0 Å². The van der Waals surface area contributed by atoms with Crippen molar-refractivity contribution in [2.45, 2.75) is 83.6 Å². The van der Waals surface area contributed by atoms with E-state index in [4.69, 9.17) is 10.8 Å². The first-order valence-electron chi connectivity index (χ1n) is 9.43. The van der Waals surface area contributed by atoms with Gasteiger partial charge in [-0.05, 0) is 45.4 Å². The molecule has 4 heteroatoms.